The Morgan fingerprint density at radius 3 is 2.65 bits per heavy atom. The summed E-state index contributed by atoms with van der Waals surface area (Å²) in [6.45, 7) is 3.39. The van der Waals surface area contributed by atoms with Crippen molar-refractivity contribution in [2.75, 3.05) is 30.8 Å². The van der Waals surface area contributed by atoms with Crippen LogP contribution in [0.3, 0.4) is 0 Å². The van der Waals surface area contributed by atoms with Crippen molar-refractivity contribution in [3.05, 3.63) is 12.1 Å². The molecule has 5 heteroatoms. The van der Waals surface area contributed by atoms with Crippen LogP contribution in [0.15, 0.2) is 12.1 Å². The van der Waals surface area contributed by atoms with E-state index in [4.69, 9.17) is 10.5 Å². The highest BCUT2D eigenvalue weighted by Crippen LogP contribution is 2.29. The van der Waals surface area contributed by atoms with Crippen LogP contribution < -0.4 is 15.4 Å². The summed E-state index contributed by atoms with van der Waals surface area (Å²) in [5.74, 6) is 1.31. The third-order valence-corrected chi connectivity index (χ3v) is 3.23. The van der Waals surface area contributed by atoms with Crippen LogP contribution in [-0.2, 0) is 0 Å². The van der Waals surface area contributed by atoms with E-state index in [2.05, 4.69) is 9.88 Å². The Balaban J connectivity index is 2.17. The predicted molar refractivity (Wildman–Crippen MR) is 67.3 cm³/mol. The number of aliphatic hydroxyl groups is 1. The summed E-state index contributed by atoms with van der Waals surface area (Å²) in [4.78, 5) is 6.45. The van der Waals surface area contributed by atoms with Gasteiger partial charge in [0.2, 0.25) is 5.88 Å². The van der Waals surface area contributed by atoms with Crippen molar-refractivity contribution in [2.45, 2.75) is 25.4 Å². The molecule has 1 saturated heterocycles. The van der Waals surface area contributed by atoms with Crippen LogP contribution in [0.5, 0.6) is 5.88 Å². The second kappa shape index (κ2) is 4.41. The third-order valence-electron chi connectivity index (χ3n) is 3.23. The lowest BCUT2D eigenvalue weighted by molar-refractivity contribution is 0.0350. The van der Waals surface area contributed by atoms with E-state index in [0.29, 0.717) is 11.6 Å². The van der Waals surface area contributed by atoms with Gasteiger partial charge in [-0.15, -0.1) is 0 Å². The number of nitrogens with zero attached hydrogens (tertiary/aromatic N) is 2. The molecule has 0 spiro atoms. The van der Waals surface area contributed by atoms with Crippen molar-refractivity contribution in [3.63, 3.8) is 0 Å². The molecule has 0 amide bonds. The van der Waals surface area contributed by atoms with Crippen LogP contribution in [0.4, 0.5) is 11.5 Å². The maximum Gasteiger partial charge on any atom is 0.215 e. The number of nitrogens with two attached hydrogens (primary N) is 1. The van der Waals surface area contributed by atoms with E-state index in [9.17, 15) is 5.11 Å². The average molecular weight is 237 g/mol. The summed E-state index contributed by atoms with van der Waals surface area (Å²) in [5, 5.41) is 9.91. The molecule has 1 fully saturated rings. The molecule has 2 rings (SSSR count). The zero-order valence-corrected chi connectivity index (χ0v) is 10.3. The van der Waals surface area contributed by atoms with Crippen LogP contribution in [0.1, 0.15) is 19.8 Å². The number of aromatic nitrogens is 1. The van der Waals surface area contributed by atoms with Gasteiger partial charge >= 0.3 is 0 Å². The Kier molecular flexibility index (Phi) is 3.11. The predicted octanol–water partition coefficient (Wildman–Crippen LogP) is 1.02. The Labute approximate surface area is 101 Å². The highest BCUT2D eigenvalue weighted by atomic mass is 16.5. The molecule has 94 valence electrons. The smallest absolute Gasteiger partial charge is 0.215 e. The molecule has 1 aliphatic heterocycles. The molecule has 5 nitrogen and oxygen atoms in total. The Hall–Kier alpha value is -1.49. The van der Waals surface area contributed by atoms with Gasteiger partial charge in [-0.05, 0) is 25.8 Å². The molecule has 17 heavy (non-hydrogen) atoms. The average Bonchev–Trinajstić information content (AvgIpc) is 2.30. The molecule has 3 N–H and O–H groups in total. The summed E-state index contributed by atoms with van der Waals surface area (Å²) in [6.07, 6.45) is 1.46. The zero-order chi connectivity index (χ0) is 12.5. The minimum atomic E-state index is -0.565. The van der Waals surface area contributed by atoms with Gasteiger partial charge in [0.25, 0.3) is 0 Å². The van der Waals surface area contributed by atoms with E-state index in [1.165, 1.54) is 0 Å². The lowest BCUT2D eigenvalue weighted by Gasteiger charge is -2.36. The van der Waals surface area contributed by atoms with Crippen molar-refractivity contribution >= 4 is 11.5 Å². The first-order valence-corrected chi connectivity index (χ1v) is 5.80. The summed E-state index contributed by atoms with van der Waals surface area (Å²) in [6, 6.07) is 3.55. The molecule has 0 unspecified atom stereocenters. The molecule has 0 aliphatic carbocycles. The number of rotatable bonds is 2. The van der Waals surface area contributed by atoms with Crippen LogP contribution in [0.25, 0.3) is 0 Å². The van der Waals surface area contributed by atoms with Crippen LogP contribution in [0.2, 0.25) is 0 Å². The number of piperidine rings is 1. The van der Waals surface area contributed by atoms with Crippen LogP contribution in [0, 0.1) is 0 Å². The van der Waals surface area contributed by atoms with Gasteiger partial charge in [-0.2, -0.15) is 4.98 Å². The van der Waals surface area contributed by atoms with E-state index < -0.39 is 5.60 Å². The summed E-state index contributed by atoms with van der Waals surface area (Å²) in [5.41, 5.74) is 6.00. The Morgan fingerprint density at radius 2 is 2.06 bits per heavy atom. The van der Waals surface area contributed by atoms with Crippen LogP contribution >= 0.6 is 0 Å². The van der Waals surface area contributed by atoms with E-state index >= 15 is 0 Å². The molecule has 1 aromatic rings. The largest absolute Gasteiger partial charge is 0.481 e. The minimum Gasteiger partial charge on any atom is -0.481 e. The van der Waals surface area contributed by atoms with Gasteiger partial charge in [0.05, 0.1) is 18.4 Å². The Morgan fingerprint density at radius 1 is 1.41 bits per heavy atom. The van der Waals surface area contributed by atoms with Gasteiger partial charge in [0, 0.05) is 19.2 Å². The van der Waals surface area contributed by atoms with Gasteiger partial charge < -0.3 is 20.5 Å². The molecule has 0 saturated carbocycles. The molecule has 0 atom stereocenters. The zero-order valence-electron chi connectivity index (χ0n) is 10.3. The minimum absolute atomic E-state index is 0.562. The summed E-state index contributed by atoms with van der Waals surface area (Å²) in [7, 11) is 1.59. The van der Waals surface area contributed by atoms with E-state index in [1.807, 2.05) is 6.92 Å². The van der Waals surface area contributed by atoms with E-state index in [1.54, 1.807) is 19.2 Å². The number of nitrogen functional groups attached to an aromatic ring is 1. The second-order valence-corrected chi connectivity index (χ2v) is 4.75. The molecular weight excluding hydrogens is 218 g/mol. The Bertz CT molecular complexity index is 397. The van der Waals surface area contributed by atoms with Crippen molar-refractivity contribution in [1.82, 2.24) is 4.98 Å². The van der Waals surface area contributed by atoms with Gasteiger partial charge in [-0.25, -0.2) is 0 Å². The fraction of sp³-hybridized carbons (Fsp3) is 0.583. The second-order valence-electron chi connectivity index (χ2n) is 4.75. The highest BCUT2D eigenvalue weighted by molar-refractivity contribution is 5.63. The molecule has 2 heterocycles. The standard InChI is InChI=1S/C12H19N3O2/c1-12(16)5-7-15(8-6-12)11-9(13)3-4-10(14-11)17-2/h3-4,16H,5-8,13H2,1-2H3. The SMILES string of the molecule is COc1ccc(N)c(N2CCC(C)(O)CC2)n1. The molecular formula is C12H19N3O2. The maximum absolute atomic E-state index is 9.91. The molecule has 1 aromatic heterocycles. The molecule has 1 aliphatic rings. The number of ether oxygens (including phenoxy) is 1. The van der Waals surface area contributed by atoms with Crippen molar-refractivity contribution in [1.29, 1.82) is 0 Å². The third kappa shape index (κ3) is 2.61. The topological polar surface area (TPSA) is 71.6 Å². The van der Waals surface area contributed by atoms with E-state index in [-0.39, 0.29) is 0 Å². The normalized spacial score (nSPS) is 19.1. The van der Waals surface area contributed by atoms with Gasteiger partial charge in [0.1, 0.15) is 0 Å². The quantitative estimate of drug-likeness (QED) is 0.803. The van der Waals surface area contributed by atoms with Gasteiger partial charge in [-0.1, -0.05) is 0 Å². The monoisotopic (exact) mass is 237 g/mol. The fourth-order valence-electron chi connectivity index (χ4n) is 2.01. The van der Waals surface area contributed by atoms with Crippen molar-refractivity contribution in [2.24, 2.45) is 0 Å². The molecule has 0 aromatic carbocycles. The first kappa shape index (κ1) is 12.0. The van der Waals surface area contributed by atoms with Crippen LogP contribution in [-0.4, -0.2) is 35.9 Å². The number of methoxy groups -OCH3 is 1. The molecule has 0 radical (unpaired) electrons. The highest BCUT2D eigenvalue weighted by Gasteiger charge is 2.28. The van der Waals surface area contributed by atoms with Crippen molar-refractivity contribution < 1.29 is 9.84 Å². The summed E-state index contributed by atoms with van der Waals surface area (Å²) < 4.78 is 5.10. The maximum atomic E-state index is 9.91. The number of anilines is 2. The fourth-order valence-corrected chi connectivity index (χ4v) is 2.01. The van der Waals surface area contributed by atoms with E-state index in [0.717, 1.165) is 31.7 Å². The van der Waals surface area contributed by atoms with Gasteiger partial charge in [0.15, 0.2) is 5.82 Å². The van der Waals surface area contributed by atoms with Crippen molar-refractivity contribution in [3.8, 4) is 5.88 Å². The molecule has 0 bridgehead atoms. The number of hydrogen-bond donors (Lipinski definition) is 2. The van der Waals surface area contributed by atoms with Gasteiger partial charge in [-0.3, -0.25) is 0 Å². The number of hydrogen-bond acceptors (Lipinski definition) is 5. The lowest BCUT2D eigenvalue weighted by Crippen LogP contribution is -2.43. The first-order chi connectivity index (χ1) is 8.02. The summed E-state index contributed by atoms with van der Waals surface area (Å²) >= 11 is 0. The number of pyridine rings is 1. The lowest BCUT2D eigenvalue weighted by atomic mass is 9.94. The first-order valence-electron chi connectivity index (χ1n) is 5.80.